The van der Waals surface area contributed by atoms with Crippen molar-refractivity contribution in [2.24, 2.45) is 0 Å². The average Bonchev–Trinajstić information content (AvgIpc) is 3.03. The number of fused-ring (bicyclic) bond motifs is 1. The first-order valence-electron chi connectivity index (χ1n) is 8.88. The molecule has 4 rings (SSSR count). The number of halogens is 1. The number of carbonyl (C=O) groups is 1. The van der Waals surface area contributed by atoms with Crippen molar-refractivity contribution in [3.63, 3.8) is 0 Å². The van der Waals surface area contributed by atoms with Crippen LogP contribution < -0.4 is 9.47 Å². The van der Waals surface area contributed by atoms with Gasteiger partial charge < -0.3 is 9.47 Å². The molecule has 0 amide bonds. The summed E-state index contributed by atoms with van der Waals surface area (Å²) in [5.41, 5.74) is 2.37. The van der Waals surface area contributed by atoms with E-state index in [4.69, 9.17) is 21.1 Å². The lowest BCUT2D eigenvalue weighted by Crippen LogP contribution is -1.98. The van der Waals surface area contributed by atoms with Crippen LogP contribution in [0.5, 0.6) is 11.5 Å². The Labute approximate surface area is 168 Å². The molecule has 0 aromatic heterocycles. The van der Waals surface area contributed by atoms with Gasteiger partial charge in [0.25, 0.3) is 0 Å². The van der Waals surface area contributed by atoms with Crippen molar-refractivity contribution < 1.29 is 14.3 Å². The summed E-state index contributed by atoms with van der Waals surface area (Å²) in [4.78, 5) is 12.6. The highest BCUT2D eigenvalue weighted by Crippen LogP contribution is 2.35. The summed E-state index contributed by atoms with van der Waals surface area (Å²) in [5.74, 6) is 1.23. The van der Waals surface area contributed by atoms with Crippen molar-refractivity contribution in [1.82, 2.24) is 0 Å². The van der Waals surface area contributed by atoms with Gasteiger partial charge in [0.15, 0.2) is 5.76 Å². The molecule has 28 heavy (non-hydrogen) atoms. The summed E-state index contributed by atoms with van der Waals surface area (Å²) >= 11 is 6.16. The van der Waals surface area contributed by atoms with Crippen LogP contribution in [0.15, 0.2) is 84.6 Å². The number of Topliss-reactive ketones (excluding diaryl/α,β-unsaturated/α-hetero) is 1. The molecule has 0 atom stereocenters. The summed E-state index contributed by atoms with van der Waals surface area (Å²) in [6.07, 6.45) is 5.60. The second-order valence-corrected chi connectivity index (χ2v) is 6.65. The first-order valence-corrected chi connectivity index (χ1v) is 9.26. The average molecular weight is 389 g/mol. The first-order chi connectivity index (χ1) is 13.7. The van der Waals surface area contributed by atoms with E-state index in [1.807, 2.05) is 60.7 Å². The van der Waals surface area contributed by atoms with Crippen molar-refractivity contribution in [2.45, 2.75) is 0 Å². The molecule has 1 aliphatic rings. The largest absolute Gasteiger partial charge is 0.489 e. The van der Waals surface area contributed by atoms with Gasteiger partial charge in [-0.05, 0) is 41.5 Å². The minimum Gasteiger partial charge on any atom is -0.489 e. The molecule has 4 heteroatoms. The molecular weight excluding hydrogens is 372 g/mol. The highest BCUT2D eigenvalue weighted by molar-refractivity contribution is 6.32. The van der Waals surface area contributed by atoms with Gasteiger partial charge in [0, 0.05) is 11.1 Å². The molecule has 0 fully saturated rings. The van der Waals surface area contributed by atoms with Crippen LogP contribution in [0, 0.1) is 0 Å². The lowest BCUT2D eigenvalue weighted by molar-refractivity contribution is 0.101. The number of rotatable bonds is 5. The Morgan fingerprint density at radius 2 is 1.75 bits per heavy atom. The molecule has 3 nitrogen and oxygen atoms in total. The Balaban J connectivity index is 1.45. The van der Waals surface area contributed by atoms with Gasteiger partial charge in [-0.3, -0.25) is 4.79 Å². The quantitative estimate of drug-likeness (QED) is 0.499. The molecule has 138 valence electrons. The maximum Gasteiger partial charge on any atom is 0.231 e. The van der Waals surface area contributed by atoms with Crippen LogP contribution in [-0.2, 0) is 0 Å². The summed E-state index contributed by atoms with van der Waals surface area (Å²) in [7, 11) is 0. The lowest BCUT2D eigenvalue weighted by Gasteiger charge is -2.05. The molecule has 1 heterocycles. The number of carbonyl (C=O) groups excluding carboxylic acids is 1. The highest BCUT2D eigenvalue weighted by Gasteiger charge is 2.27. The summed E-state index contributed by atoms with van der Waals surface area (Å²) in [5, 5.41) is 0.566. The predicted octanol–water partition coefficient (Wildman–Crippen LogP) is 6.05. The van der Waals surface area contributed by atoms with Crippen LogP contribution in [0.1, 0.15) is 21.5 Å². The zero-order chi connectivity index (χ0) is 19.3. The Bertz CT molecular complexity index is 1070. The monoisotopic (exact) mass is 388 g/mol. The van der Waals surface area contributed by atoms with Crippen molar-refractivity contribution in [3.05, 3.63) is 106 Å². The second-order valence-electron chi connectivity index (χ2n) is 6.24. The smallest absolute Gasteiger partial charge is 0.231 e. The third-order valence-electron chi connectivity index (χ3n) is 4.29. The van der Waals surface area contributed by atoms with Crippen LogP contribution in [-0.4, -0.2) is 12.4 Å². The zero-order valence-corrected chi connectivity index (χ0v) is 15.7. The van der Waals surface area contributed by atoms with E-state index in [0.717, 1.165) is 11.1 Å². The fourth-order valence-corrected chi connectivity index (χ4v) is 3.07. The number of ether oxygens (including phenoxy) is 2. The minimum absolute atomic E-state index is 0.162. The second kappa shape index (κ2) is 8.15. The molecular formula is C24H17ClO3. The van der Waals surface area contributed by atoms with E-state index in [1.165, 1.54) is 0 Å². The molecule has 1 aliphatic heterocycles. The maximum atomic E-state index is 12.6. The summed E-state index contributed by atoms with van der Waals surface area (Å²) in [6, 6.07) is 22.5. The molecule has 0 saturated carbocycles. The molecule has 0 N–H and O–H groups in total. The standard InChI is InChI=1S/C24H17ClO3/c25-21-11-5-4-10-18(21)15-23-24(26)20-13-12-19(16-22(20)28-23)27-14-6-9-17-7-2-1-3-8-17/h1-13,15-16H,14H2/b9-6+,23-15-. The molecule has 0 aliphatic carbocycles. The van der Waals surface area contributed by atoms with E-state index in [2.05, 4.69) is 0 Å². The van der Waals surface area contributed by atoms with Crippen LogP contribution >= 0.6 is 11.6 Å². The fourth-order valence-electron chi connectivity index (χ4n) is 2.88. The van der Waals surface area contributed by atoms with E-state index in [1.54, 1.807) is 30.3 Å². The summed E-state index contributed by atoms with van der Waals surface area (Å²) < 4.78 is 11.5. The number of hydrogen-bond donors (Lipinski definition) is 0. The van der Waals surface area contributed by atoms with Crippen LogP contribution in [0.4, 0.5) is 0 Å². The van der Waals surface area contributed by atoms with Crippen molar-refractivity contribution in [1.29, 1.82) is 0 Å². The van der Waals surface area contributed by atoms with Crippen LogP contribution in [0.25, 0.3) is 12.2 Å². The number of ketones is 1. The van der Waals surface area contributed by atoms with Crippen molar-refractivity contribution >= 4 is 29.5 Å². The minimum atomic E-state index is -0.162. The van der Waals surface area contributed by atoms with E-state index in [9.17, 15) is 4.79 Å². The number of allylic oxidation sites excluding steroid dienone is 1. The van der Waals surface area contributed by atoms with E-state index >= 15 is 0 Å². The normalized spacial score (nSPS) is 14.3. The Hall–Kier alpha value is -3.30. The molecule has 0 spiro atoms. The third-order valence-corrected chi connectivity index (χ3v) is 4.63. The van der Waals surface area contributed by atoms with E-state index in [-0.39, 0.29) is 11.5 Å². The fraction of sp³-hybridized carbons (Fsp3) is 0.0417. The van der Waals surface area contributed by atoms with Gasteiger partial charge in [0.1, 0.15) is 18.1 Å². The van der Waals surface area contributed by atoms with Gasteiger partial charge in [0.2, 0.25) is 5.78 Å². The molecule has 3 aromatic rings. The van der Waals surface area contributed by atoms with Gasteiger partial charge in [0.05, 0.1) is 5.56 Å². The lowest BCUT2D eigenvalue weighted by atomic mass is 10.1. The molecule has 0 unspecified atom stereocenters. The zero-order valence-electron chi connectivity index (χ0n) is 15.0. The SMILES string of the molecule is O=C1/C(=C/c2ccccc2Cl)Oc2cc(OC/C=C/c3ccccc3)ccc21. The number of benzene rings is 3. The predicted molar refractivity (Wildman–Crippen MR) is 112 cm³/mol. The van der Waals surface area contributed by atoms with Crippen molar-refractivity contribution in [3.8, 4) is 11.5 Å². The van der Waals surface area contributed by atoms with Gasteiger partial charge in [-0.15, -0.1) is 0 Å². The molecule has 0 bridgehead atoms. The molecule has 3 aromatic carbocycles. The van der Waals surface area contributed by atoms with E-state index < -0.39 is 0 Å². The molecule has 0 radical (unpaired) electrons. The number of hydrogen-bond acceptors (Lipinski definition) is 3. The van der Waals surface area contributed by atoms with Gasteiger partial charge in [-0.1, -0.05) is 66.2 Å². The Morgan fingerprint density at radius 1 is 0.964 bits per heavy atom. The maximum absolute atomic E-state index is 12.6. The Kier molecular flexibility index (Phi) is 5.27. The third kappa shape index (κ3) is 4.00. The van der Waals surface area contributed by atoms with Gasteiger partial charge >= 0.3 is 0 Å². The van der Waals surface area contributed by atoms with Crippen molar-refractivity contribution in [2.75, 3.05) is 6.61 Å². The van der Waals surface area contributed by atoms with E-state index in [0.29, 0.717) is 28.7 Å². The van der Waals surface area contributed by atoms with Gasteiger partial charge in [-0.2, -0.15) is 0 Å². The topological polar surface area (TPSA) is 35.5 Å². The highest BCUT2D eigenvalue weighted by atomic mass is 35.5. The summed E-state index contributed by atoms with van der Waals surface area (Å²) in [6.45, 7) is 0.421. The first kappa shape index (κ1) is 18.1. The Morgan fingerprint density at radius 3 is 2.57 bits per heavy atom. The van der Waals surface area contributed by atoms with Gasteiger partial charge in [-0.25, -0.2) is 0 Å². The van der Waals surface area contributed by atoms with Crippen LogP contribution in [0.3, 0.4) is 0 Å². The van der Waals surface area contributed by atoms with Crippen LogP contribution in [0.2, 0.25) is 5.02 Å². The molecule has 0 saturated heterocycles.